The third kappa shape index (κ3) is 5.13. The normalized spacial score (nSPS) is 16.7. The van der Waals surface area contributed by atoms with Gasteiger partial charge in [0.15, 0.2) is 5.65 Å². The van der Waals surface area contributed by atoms with Gasteiger partial charge in [-0.15, -0.1) is 11.8 Å². The summed E-state index contributed by atoms with van der Waals surface area (Å²) >= 11 is 1.64. The van der Waals surface area contributed by atoms with E-state index in [4.69, 9.17) is 10.2 Å². The minimum atomic E-state index is 0.241. The average molecular weight is 380 g/mol. The first-order valence-corrected chi connectivity index (χ1v) is 10.5. The molecule has 27 heavy (non-hydrogen) atoms. The first kappa shape index (κ1) is 19.5. The Morgan fingerprint density at radius 2 is 2.26 bits per heavy atom. The van der Waals surface area contributed by atoms with Crippen molar-refractivity contribution in [2.75, 3.05) is 6.26 Å². The third-order valence-electron chi connectivity index (χ3n) is 4.88. The second-order valence-corrected chi connectivity index (χ2v) is 7.95. The molecule has 1 aliphatic rings. The molecule has 1 aliphatic heterocycles. The van der Waals surface area contributed by atoms with E-state index in [0.29, 0.717) is 5.92 Å². The highest BCUT2D eigenvalue weighted by Gasteiger charge is 2.25. The predicted octanol–water partition coefficient (Wildman–Crippen LogP) is 3.69. The minimum Gasteiger partial charge on any atom is -0.303 e. The van der Waals surface area contributed by atoms with E-state index in [9.17, 15) is 0 Å². The Balaban J connectivity index is 0.000000253. The van der Waals surface area contributed by atoms with Gasteiger partial charge < -0.3 is 4.40 Å². The van der Waals surface area contributed by atoms with Crippen LogP contribution in [0.3, 0.4) is 0 Å². The number of nitriles is 1. The number of aryl methyl sites for hydroxylation is 2. The van der Waals surface area contributed by atoms with Gasteiger partial charge in [0.25, 0.3) is 6.71 Å². The first-order valence-electron chi connectivity index (χ1n) is 9.30. The maximum atomic E-state index is 9.09. The number of hydrogen-bond acceptors (Lipinski definition) is 5. The summed E-state index contributed by atoms with van der Waals surface area (Å²) in [5.74, 6) is 3.02. The molecule has 4 heterocycles. The van der Waals surface area contributed by atoms with Crippen molar-refractivity contribution in [3.8, 4) is 5.97 Å². The topological polar surface area (TPSA) is 71.8 Å². The van der Waals surface area contributed by atoms with E-state index in [1.54, 1.807) is 16.4 Å². The van der Waals surface area contributed by atoms with Gasteiger partial charge in [0, 0.05) is 37.8 Å². The number of fused-ring (bicyclic) bond motifs is 1. The van der Waals surface area contributed by atoms with Crippen LogP contribution in [0.5, 0.6) is 0 Å². The fourth-order valence-electron chi connectivity index (χ4n) is 3.62. The first-order chi connectivity index (χ1) is 13.1. The molecule has 3 aromatic heterocycles. The van der Waals surface area contributed by atoms with E-state index in [2.05, 4.69) is 26.6 Å². The van der Waals surface area contributed by atoms with E-state index < -0.39 is 0 Å². The van der Waals surface area contributed by atoms with E-state index >= 15 is 0 Å². The fourth-order valence-corrected chi connectivity index (χ4v) is 4.17. The van der Waals surface area contributed by atoms with Crippen molar-refractivity contribution in [1.82, 2.24) is 24.1 Å². The van der Waals surface area contributed by atoms with Gasteiger partial charge in [0.05, 0.1) is 11.9 Å². The molecule has 0 bridgehead atoms. The van der Waals surface area contributed by atoms with Crippen LogP contribution in [-0.4, -0.2) is 37.1 Å². The molecule has 0 spiro atoms. The Morgan fingerprint density at radius 3 is 2.89 bits per heavy atom. The lowest BCUT2D eigenvalue weighted by atomic mass is 9.41. The molecule has 1 atom stereocenters. The fraction of sp³-hybridized carbons (Fsp3) is 0.474. The molecule has 0 radical (unpaired) electrons. The molecule has 0 N–H and O–H groups in total. The van der Waals surface area contributed by atoms with E-state index in [0.717, 1.165) is 35.4 Å². The van der Waals surface area contributed by atoms with Crippen LogP contribution in [-0.2, 0) is 13.5 Å². The van der Waals surface area contributed by atoms with Crippen molar-refractivity contribution in [2.24, 2.45) is 13.0 Å². The van der Waals surface area contributed by atoms with Crippen molar-refractivity contribution >= 4 is 24.1 Å². The van der Waals surface area contributed by atoms with Gasteiger partial charge in [-0.05, 0) is 31.1 Å². The summed E-state index contributed by atoms with van der Waals surface area (Å²) in [6, 6.07) is 0. The van der Waals surface area contributed by atoms with Crippen molar-refractivity contribution in [3.05, 3.63) is 42.2 Å². The van der Waals surface area contributed by atoms with Crippen LogP contribution in [0.1, 0.15) is 24.1 Å². The quantitative estimate of drug-likeness (QED) is 0.512. The average Bonchev–Trinajstić information content (AvgIpc) is 3.30. The second-order valence-electron chi connectivity index (χ2n) is 7.15. The molecule has 6 nitrogen and oxygen atoms in total. The molecule has 0 aromatic carbocycles. The van der Waals surface area contributed by atoms with Crippen molar-refractivity contribution < 1.29 is 0 Å². The van der Waals surface area contributed by atoms with Crippen LogP contribution < -0.4 is 0 Å². The van der Waals surface area contributed by atoms with E-state index in [-0.39, 0.29) is 6.71 Å². The van der Waals surface area contributed by atoms with Gasteiger partial charge in [0.1, 0.15) is 5.03 Å². The molecule has 140 valence electrons. The summed E-state index contributed by atoms with van der Waals surface area (Å²) in [5.41, 5.74) is 3.26. The lowest BCUT2D eigenvalue weighted by molar-refractivity contribution is 0.490. The van der Waals surface area contributed by atoms with Crippen molar-refractivity contribution in [2.45, 2.75) is 43.9 Å². The third-order valence-corrected chi connectivity index (χ3v) is 5.54. The highest BCUT2D eigenvalue weighted by atomic mass is 32.2. The summed E-state index contributed by atoms with van der Waals surface area (Å²) in [5, 5.41) is 14.0. The number of imidazole rings is 1. The Morgan fingerprint density at radius 1 is 1.41 bits per heavy atom. The molecular weight excluding hydrogens is 355 g/mol. The molecule has 0 amide bonds. The van der Waals surface area contributed by atoms with Crippen molar-refractivity contribution in [1.29, 1.82) is 5.26 Å². The zero-order chi connectivity index (χ0) is 19.2. The van der Waals surface area contributed by atoms with Gasteiger partial charge in [0.2, 0.25) is 0 Å². The van der Waals surface area contributed by atoms with E-state index in [1.807, 2.05) is 45.0 Å². The Hall–Kier alpha value is -2.27. The molecule has 1 unspecified atom stereocenters. The number of thioether (sulfide) groups is 1. The molecular formula is C19H25BN6S. The smallest absolute Gasteiger partial charge is 0.268 e. The molecule has 1 saturated heterocycles. The standard InChI is InChI=1S/C14H17BN4S.C5H8N2/c1-20-14-13-17-5-6-19(13)9-12(18-14)7-11-3-2-4-15(8-11)10-16;1-5-3-6-7(2)4-5/h5-6,9,11H,2-4,7-8H2,1H3;3-4H,1-2H3. The highest BCUT2D eigenvalue weighted by Crippen LogP contribution is 2.28. The van der Waals surface area contributed by atoms with Crippen molar-refractivity contribution in [3.63, 3.8) is 0 Å². The summed E-state index contributed by atoms with van der Waals surface area (Å²) in [7, 11) is 1.91. The molecule has 0 saturated carbocycles. The molecule has 4 rings (SSSR count). The lowest BCUT2D eigenvalue weighted by Crippen LogP contribution is -2.23. The molecule has 3 aromatic rings. The Bertz CT molecular complexity index is 911. The SMILES string of the molecule is CSc1nc(CC2CCCB(C#N)C2)cn2ccnc12.Cc1cnn(C)c1. The lowest BCUT2D eigenvalue weighted by Gasteiger charge is -2.23. The number of rotatable bonds is 3. The molecule has 8 heteroatoms. The minimum absolute atomic E-state index is 0.241. The molecule has 1 fully saturated rings. The largest absolute Gasteiger partial charge is 0.303 e. The Labute approximate surface area is 165 Å². The summed E-state index contributed by atoms with van der Waals surface area (Å²) in [6.07, 6.45) is 17.2. The van der Waals surface area contributed by atoms with Crippen LogP contribution in [0, 0.1) is 24.1 Å². The predicted molar refractivity (Wildman–Crippen MR) is 110 cm³/mol. The maximum Gasteiger partial charge on any atom is 0.268 e. The second kappa shape index (κ2) is 9.09. The van der Waals surface area contributed by atoms with Crippen LogP contribution in [0.4, 0.5) is 0 Å². The van der Waals surface area contributed by atoms with Gasteiger partial charge in [-0.25, -0.2) is 15.2 Å². The molecule has 0 aliphatic carbocycles. The number of aromatic nitrogens is 5. The summed E-state index contributed by atoms with van der Waals surface area (Å²) in [4.78, 5) is 9.07. The van der Waals surface area contributed by atoms with Gasteiger partial charge in [-0.2, -0.15) is 5.10 Å². The zero-order valence-corrected chi connectivity index (χ0v) is 17.0. The van der Waals surface area contributed by atoms with Crippen LogP contribution in [0.15, 0.2) is 36.0 Å². The summed E-state index contributed by atoms with van der Waals surface area (Å²) in [6.45, 7) is 2.26. The van der Waals surface area contributed by atoms with Gasteiger partial charge in [-0.1, -0.05) is 25.5 Å². The zero-order valence-electron chi connectivity index (χ0n) is 16.2. The number of hydrogen-bond donors (Lipinski definition) is 0. The van der Waals surface area contributed by atoms with Gasteiger partial charge >= 0.3 is 0 Å². The van der Waals surface area contributed by atoms with Crippen LogP contribution in [0.25, 0.3) is 5.65 Å². The highest BCUT2D eigenvalue weighted by molar-refractivity contribution is 7.98. The maximum absolute atomic E-state index is 9.09. The number of nitrogens with zero attached hydrogens (tertiary/aromatic N) is 6. The van der Waals surface area contributed by atoms with Gasteiger partial charge in [-0.3, -0.25) is 4.68 Å². The summed E-state index contributed by atoms with van der Waals surface area (Å²) < 4.78 is 3.84. The van der Waals surface area contributed by atoms with E-state index in [1.165, 1.54) is 18.4 Å². The monoisotopic (exact) mass is 380 g/mol. The van der Waals surface area contributed by atoms with Crippen LogP contribution >= 0.6 is 11.8 Å². The van der Waals surface area contributed by atoms with Crippen LogP contribution in [0.2, 0.25) is 12.6 Å². The Kier molecular flexibility index (Phi) is 6.56.